The van der Waals surface area contributed by atoms with Crippen LogP contribution in [-0.2, 0) is 0 Å². The van der Waals surface area contributed by atoms with Gasteiger partial charge >= 0.3 is 0 Å². The van der Waals surface area contributed by atoms with Gasteiger partial charge in [-0.3, -0.25) is 0 Å². The molecule has 0 aromatic heterocycles. The summed E-state index contributed by atoms with van der Waals surface area (Å²) in [6, 6.07) is 2.09. The molecule has 1 aliphatic rings. The van der Waals surface area contributed by atoms with Crippen LogP contribution >= 0.6 is 0 Å². The normalized spacial score (nSPS) is 31.1. The second kappa shape index (κ2) is 6.61. The molecule has 96 valence electrons. The van der Waals surface area contributed by atoms with Crippen LogP contribution in [0.1, 0.15) is 53.9 Å². The van der Waals surface area contributed by atoms with Gasteiger partial charge in [-0.25, -0.2) is 0 Å². The molecule has 3 unspecified atom stereocenters. The first kappa shape index (κ1) is 14.0. The summed E-state index contributed by atoms with van der Waals surface area (Å²) in [6.45, 7) is 14.2. The lowest BCUT2D eigenvalue weighted by molar-refractivity contribution is 0.155. The Balaban J connectivity index is 2.45. The molecule has 0 aromatic carbocycles. The largest absolute Gasteiger partial charge is 0.312 e. The van der Waals surface area contributed by atoms with Crippen molar-refractivity contribution in [2.24, 2.45) is 5.92 Å². The summed E-state index contributed by atoms with van der Waals surface area (Å²) < 4.78 is 0. The molecule has 1 saturated heterocycles. The average molecular weight is 226 g/mol. The maximum absolute atomic E-state index is 3.66. The number of hydrogen-bond acceptors (Lipinski definition) is 2. The summed E-state index contributed by atoms with van der Waals surface area (Å²) in [4.78, 5) is 2.69. The topological polar surface area (TPSA) is 15.3 Å². The lowest BCUT2D eigenvalue weighted by atomic mass is 10.0. The zero-order valence-corrected chi connectivity index (χ0v) is 11.8. The molecule has 1 heterocycles. The van der Waals surface area contributed by atoms with Crippen LogP contribution in [0, 0.1) is 5.92 Å². The van der Waals surface area contributed by atoms with E-state index in [9.17, 15) is 0 Å². The first-order chi connectivity index (χ1) is 7.49. The Labute approximate surface area is 102 Å². The summed E-state index contributed by atoms with van der Waals surface area (Å²) in [5.74, 6) is 0.813. The van der Waals surface area contributed by atoms with E-state index in [1.165, 1.54) is 32.4 Å². The third-order valence-corrected chi connectivity index (χ3v) is 3.70. The van der Waals surface area contributed by atoms with E-state index in [2.05, 4.69) is 44.8 Å². The van der Waals surface area contributed by atoms with Gasteiger partial charge in [-0.05, 0) is 59.0 Å². The molecular formula is C14H30N2. The first-order valence-corrected chi connectivity index (χ1v) is 6.99. The van der Waals surface area contributed by atoms with Gasteiger partial charge in [0.15, 0.2) is 0 Å². The SMILES string of the molecule is CC(C)CC(C)N1CCC(C)NC(C)CC1. The van der Waals surface area contributed by atoms with Crippen molar-refractivity contribution in [3.05, 3.63) is 0 Å². The Morgan fingerprint density at radius 1 is 1.06 bits per heavy atom. The molecule has 1 fully saturated rings. The second-order valence-corrected chi connectivity index (χ2v) is 6.06. The molecule has 0 aliphatic carbocycles. The van der Waals surface area contributed by atoms with Gasteiger partial charge < -0.3 is 10.2 Å². The molecule has 0 spiro atoms. The monoisotopic (exact) mass is 226 g/mol. The standard InChI is InChI=1S/C14H30N2/c1-11(2)10-14(5)16-8-6-12(3)15-13(4)7-9-16/h11-15H,6-10H2,1-5H3. The summed E-state index contributed by atoms with van der Waals surface area (Å²) in [5, 5.41) is 3.66. The first-order valence-electron chi connectivity index (χ1n) is 6.99. The molecule has 2 nitrogen and oxygen atoms in total. The van der Waals surface area contributed by atoms with Gasteiger partial charge in [-0.15, -0.1) is 0 Å². The lowest BCUT2D eigenvalue weighted by Gasteiger charge is -2.35. The molecule has 1 rings (SSSR count). The molecule has 0 amide bonds. The quantitative estimate of drug-likeness (QED) is 0.796. The molecule has 0 aromatic rings. The fourth-order valence-electron chi connectivity index (χ4n) is 2.76. The fraction of sp³-hybridized carbons (Fsp3) is 1.00. The van der Waals surface area contributed by atoms with Crippen molar-refractivity contribution >= 4 is 0 Å². The van der Waals surface area contributed by atoms with Crippen molar-refractivity contribution in [2.75, 3.05) is 13.1 Å². The Hall–Kier alpha value is -0.0800. The molecule has 1 N–H and O–H groups in total. The van der Waals surface area contributed by atoms with Crippen LogP contribution in [-0.4, -0.2) is 36.1 Å². The zero-order chi connectivity index (χ0) is 12.1. The average Bonchev–Trinajstić information content (AvgIpc) is 2.13. The minimum Gasteiger partial charge on any atom is -0.312 e. The van der Waals surface area contributed by atoms with Gasteiger partial charge in [0.25, 0.3) is 0 Å². The Kier molecular flexibility index (Phi) is 5.77. The van der Waals surface area contributed by atoms with E-state index >= 15 is 0 Å². The van der Waals surface area contributed by atoms with Crippen LogP contribution in [0.5, 0.6) is 0 Å². The maximum Gasteiger partial charge on any atom is 0.00693 e. The van der Waals surface area contributed by atoms with Gasteiger partial charge in [-0.2, -0.15) is 0 Å². The second-order valence-electron chi connectivity index (χ2n) is 6.06. The van der Waals surface area contributed by atoms with Crippen LogP contribution in [0.4, 0.5) is 0 Å². The third kappa shape index (κ3) is 4.84. The number of nitrogens with zero attached hydrogens (tertiary/aromatic N) is 1. The van der Waals surface area contributed by atoms with Crippen molar-refractivity contribution in [3.63, 3.8) is 0 Å². The molecule has 1 aliphatic heterocycles. The molecule has 0 bridgehead atoms. The maximum atomic E-state index is 3.66. The lowest BCUT2D eigenvalue weighted by Crippen LogP contribution is -2.45. The van der Waals surface area contributed by atoms with Gasteiger partial charge in [0, 0.05) is 18.1 Å². The summed E-state index contributed by atoms with van der Waals surface area (Å²) in [6.07, 6.45) is 3.90. The Bertz CT molecular complexity index is 179. The van der Waals surface area contributed by atoms with Gasteiger partial charge in [0.05, 0.1) is 0 Å². The van der Waals surface area contributed by atoms with E-state index in [0.717, 1.165) is 12.0 Å². The van der Waals surface area contributed by atoms with Crippen molar-refractivity contribution in [1.82, 2.24) is 10.2 Å². The van der Waals surface area contributed by atoms with Crippen molar-refractivity contribution in [3.8, 4) is 0 Å². The highest BCUT2D eigenvalue weighted by atomic mass is 15.2. The number of hydrogen-bond donors (Lipinski definition) is 1. The van der Waals surface area contributed by atoms with Crippen molar-refractivity contribution in [2.45, 2.75) is 72.0 Å². The van der Waals surface area contributed by atoms with E-state index < -0.39 is 0 Å². The number of nitrogens with one attached hydrogen (secondary N) is 1. The molecule has 0 radical (unpaired) electrons. The van der Waals surface area contributed by atoms with Gasteiger partial charge in [0.2, 0.25) is 0 Å². The minimum atomic E-state index is 0.670. The molecule has 0 saturated carbocycles. The van der Waals surface area contributed by atoms with E-state index in [-0.39, 0.29) is 0 Å². The summed E-state index contributed by atoms with van der Waals surface area (Å²) in [5.41, 5.74) is 0. The minimum absolute atomic E-state index is 0.670. The van der Waals surface area contributed by atoms with Crippen LogP contribution in [0.15, 0.2) is 0 Å². The third-order valence-electron chi connectivity index (χ3n) is 3.70. The number of rotatable bonds is 3. The Morgan fingerprint density at radius 2 is 1.56 bits per heavy atom. The van der Waals surface area contributed by atoms with Crippen LogP contribution in [0.2, 0.25) is 0 Å². The summed E-state index contributed by atoms with van der Waals surface area (Å²) >= 11 is 0. The van der Waals surface area contributed by atoms with Crippen LogP contribution in [0.25, 0.3) is 0 Å². The fourth-order valence-corrected chi connectivity index (χ4v) is 2.76. The Morgan fingerprint density at radius 3 is 2.00 bits per heavy atom. The van der Waals surface area contributed by atoms with E-state index in [4.69, 9.17) is 0 Å². The van der Waals surface area contributed by atoms with Gasteiger partial charge in [-0.1, -0.05) is 13.8 Å². The predicted molar refractivity (Wildman–Crippen MR) is 71.8 cm³/mol. The van der Waals surface area contributed by atoms with Gasteiger partial charge in [0.1, 0.15) is 0 Å². The van der Waals surface area contributed by atoms with E-state index in [0.29, 0.717) is 12.1 Å². The molecule has 2 heteroatoms. The highest BCUT2D eigenvalue weighted by molar-refractivity contribution is 4.78. The van der Waals surface area contributed by atoms with Crippen LogP contribution < -0.4 is 5.32 Å². The highest BCUT2D eigenvalue weighted by Crippen LogP contribution is 2.15. The zero-order valence-electron chi connectivity index (χ0n) is 11.8. The molecular weight excluding hydrogens is 196 g/mol. The highest BCUT2D eigenvalue weighted by Gasteiger charge is 2.20. The van der Waals surface area contributed by atoms with Crippen molar-refractivity contribution < 1.29 is 0 Å². The molecule has 16 heavy (non-hydrogen) atoms. The summed E-state index contributed by atoms with van der Waals surface area (Å²) in [7, 11) is 0. The molecule has 3 atom stereocenters. The van der Waals surface area contributed by atoms with Crippen LogP contribution in [0.3, 0.4) is 0 Å². The van der Waals surface area contributed by atoms with Crippen molar-refractivity contribution in [1.29, 1.82) is 0 Å². The smallest absolute Gasteiger partial charge is 0.00693 e. The van der Waals surface area contributed by atoms with E-state index in [1.54, 1.807) is 0 Å². The van der Waals surface area contributed by atoms with E-state index in [1.807, 2.05) is 0 Å². The predicted octanol–water partition coefficient (Wildman–Crippen LogP) is 2.88.